The maximum atomic E-state index is 12.4. The van der Waals surface area contributed by atoms with E-state index in [0.717, 1.165) is 83.5 Å². The topological polar surface area (TPSA) is 69.6 Å². The van der Waals surface area contributed by atoms with Crippen molar-refractivity contribution >= 4 is 5.91 Å². The van der Waals surface area contributed by atoms with Gasteiger partial charge in [0.05, 0.1) is 18.8 Å². The number of carbonyl (C=O) groups is 1. The maximum absolute atomic E-state index is 12.4. The van der Waals surface area contributed by atoms with Crippen molar-refractivity contribution < 1.29 is 15.0 Å². The molecule has 0 aliphatic heterocycles. The molecule has 0 bridgehead atoms. The molecular weight excluding hydrogens is 795 g/mol. The quantitative estimate of drug-likeness (QED) is 0.0421. The van der Waals surface area contributed by atoms with Gasteiger partial charge in [-0.3, -0.25) is 4.79 Å². The SMILES string of the molecule is CC/C=C\C/C=C\C/C=C\C/C=C\C/C=C\C/C=C\C/C=C\C/C=C\CCCCCCCCCCCCCCCCC(=O)NC(CO)C(O)/C=C/CC/C=C/CCCCCCCCCC. The summed E-state index contributed by atoms with van der Waals surface area (Å²) in [6.07, 6.45) is 84.9. The van der Waals surface area contributed by atoms with E-state index < -0.39 is 12.1 Å². The van der Waals surface area contributed by atoms with Crippen LogP contribution in [0.4, 0.5) is 0 Å². The molecule has 370 valence electrons. The van der Waals surface area contributed by atoms with Crippen LogP contribution in [0.3, 0.4) is 0 Å². The summed E-state index contributed by atoms with van der Waals surface area (Å²) >= 11 is 0. The number of hydrogen-bond donors (Lipinski definition) is 3. The van der Waals surface area contributed by atoms with Crippen molar-refractivity contribution in [3.63, 3.8) is 0 Å². The van der Waals surface area contributed by atoms with Crippen molar-refractivity contribution in [2.75, 3.05) is 6.61 Å². The van der Waals surface area contributed by atoms with E-state index in [2.05, 4.69) is 129 Å². The van der Waals surface area contributed by atoms with Gasteiger partial charge in [0.15, 0.2) is 0 Å². The van der Waals surface area contributed by atoms with Gasteiger partial charge < -0.3 is 15.5 Å². The highest BCUT2D eigenvalue weighted by Crippen LogP contribution is 2.15. The zero-order valence-electron chi connectivity index (χ0n) is 42.5. The Morgan fingerprint density at radius 1 is 0.385 bits per heavy atom. The number of nitrogens with one attached hydrogen (secondary N) is 1. The Kier molecular flexibility index (Phi) is 52.4. The molecule has 0 heterocycles. The molecule has 4 nitrogen and oxygen atoms in total. The van der Waals surface area contributed by atoms with E-state index >= 15 is 0 Å². The molecule has 2 atom stereocenters. The summed E-state index contributed by atoms with van der Waals surface area (Å²) in [6.45, 7) is 4.17. The van der Waals surface area contributed by atoms with Gasteiger partial charge in [0, 0.05) is 6.42 Å². The van der Waals surface area contributed by atoms with Crippen LogP contribution in [0.25, 0.3) is 0 Å². The molecule has 0 rings (SSSR count). The van der Waals surface area contributed by atoms with Gasteiger partial charge >= 0.3 is 0 Å². The Labute approximate surface area is 403 Å². The van der Waals surface area contributed by atoms with E-state index in [1.165, 1.54) is 135 Å². The van der Waals surface area contributed by atoms with E-state index in [0.29, 0.717) is 6.42 Å². The van der Waals surface area contributed by atoms with Gasteiger partial charge in [-0.05, 0) is 96.3 Å². The first-order valence-electron chi connectivity index (χ1n) is 27.2. The monoisotopic (exact) mass is 898 g/mol. The molecular formula is C61H103NO3. The lowest BCUT2D eigenvalue weighted by molar-refractivity contribution is -0.123. The summed E-state index contributed by atoms with van der Waals surface area (Å²) < 4.78 is 0. The lowest BCUT2D eigenvalue weighted by atomic mass is 10.0. The van der Waals surface area contributed by atoms with Crippen LogP contribution >= 0.6 is 0 Å². The third kappa shape index (κ3) is 51.6. The van der Waals surface area contributed by atoms with Gasteiger partial charge in [-0.1, -0.05) is 257 Å². The summed E-state index contributed by atoms with van der Waals surface area (Å²) in [5.41, 5.74) is 0. The number of aliphatic hydroxyl groups excluding tert-OH is 2. The van der Waals surface area contributed by atoms with E-state index in [1.54, 1.807) is 6.08 Å². The van der Waals surface area contributed by atoms with Crippen LogP contribution in [0.2, 0.25) is 0 Å². The van der Waals surface area contributed by atoms with Crippen molar-refractivity contribution in [1.82, 2.24) is 5.32 Å². The third-order valence-corrected chi connectivity index (χ3v) is 11.7. The second-order valence-corrected chi connectivity index (χ2v) is 17.9. The fourth-order valence-electron chi connectivity index (χ4n) is 7.56. The summed E-state index contributed by atoms with van der Waals surface area (Å²) in [7, 11) is 0. The molecule has 0 fully saturated rings. The molecule has 0 saturated carbocycles. The Morgan fingerprint density at radius 2 is 0.692 bits per heavy atom. The normalized spacial score (nSPS) is 13.8. The van der Waals surface area contributed by atoms with Crippen LogP contribution in [0.1, 0.15) is 239 Å². The first kappa shape index (κ1) is 61.8. The van der Waals surface area contributed by atoms with E-state index in [9.17, 15) is 15.0 Å². The minimum Gasteiger partial charge on any atom is -0.394 e. The second kappa shape index (κ2) is 55.1. The summed E-state index contributed by atoms with van der Waals surface area (Å²) in [5.74, 6) is -0.0791. The van der Waals surface area contributed by atoms with Gasteiger partial charge in [-0.2, -0.15) is 0 Å². The molecule has 0 saturated heterocycles. The Morgan fingerprint density at radius 3 is 1.08 bits per heavy atom. The average Bonchev–Trinajstić information content (AvgIpc) is 3.31. The summed E-state index contributed by atoms with van der Waals surface area (Å²) in [4.78, 5) is 12.4. The Hall–Kier alpha value is -3.21. The van der Waals surface area contributed by atoms with E-state index in [4.69, 9.17) is 0 Å². The number of aliphatic hydroxyl groups is 2. The van der Waals surface area contributed by atoms with Crippen LogP contribution in [-0.2, 0) is 4.79 Å². The molecule has 2 unspecified atom stereocenters. The Balaban J connectivity index is 3.57. The first-order valence-corrected chi connectivity index (χ1v) is 27.2. The number of allylic oxidation sites excluding steroid dienone is 19. The fourth-order valence-corrected chi connectivity index (χ4v) is 7.56. The van der Waals surface area contributed by atoms with Gasteiger partial charge in [-0.15, -0.1) is 0 Å². The number of hydrogen-bond acceptors (Lipinski definition) is 3. The van der Waals surface area contributed by atoms with Gasteiger partial charge in [0.1, 0.15) is 0 Å². The Bertz CT molecular complexity index is 1290. The molecule has 0 radical (unpaired) electrons. The molecule has 0 aliphatic rings. The van der Waals surface area contributed by atoms with Crippen molar-refractivity contribution in [1.29, 1.82) is 0 Å². The van der Waals surface area contributed by atoms with Crippen molar-refractivity contribution in [2.45, 2.75) is 251 Å². The number of amides is 1. The van der Waals surface area contributed by atoms with Crippen molar-refractivity contribution in [3.05, 3.63) is 122 Å². The van der Waals surface area contributed by atoms with Gasteiger partial charge in [0.2, 0.25) is 5.91 Å². The maximum Gasteiger partial charge on any atom is 0.220 e. The highest BCUT2D eigenvalue weighted by Gasteiger charge is 2.17. The highest BCUT2D eigenvalue weighted by molar-refractivity contribution is 5.76. The zero-order chi connectivity index (χ0) is 47.0. The molecule has 0 aromatic heterocycles. The van der Waals surface area contributed by atoms with Gasteiger partial charge in [-0.25, -0.2) is 0 Å². The molecule has 0 aliphatic carbocycles. The fraction of sp³-hybridized carbons (Fsp3) is 0.656. The minimum atomic E-state index is -0.868. The minimum absolute atomic E-state index is 0.0791. The zero-order valence-corrected chi connectivity index (χ0v) is 42.5. The van der Waals surface area contributed by atoms with Crippen LogP contribution in [0.5, 0.6) is 0 Å². The van der Waals surface area contributed by atoms with Crippen LogP contribution in [-0.4, -0.2) is 34.9 Å². The van der Waals surface area contributed by atoms with Crippen LogP contribution in [0, 0.1) is 0 Å². The molecule has 1 amide bonds. The lowest BCUT2D eigenvalue weighted by Crippen LogP contribution is -2.45. The van der Waals surface area contributed by atoms with Crippen molar-refractivity contribution in [2.24, 2.45) is 0 Å². The van der Waals surface area contributed by atoms with Gasteiger partial charge in [0.25, 0.3) is 0 Å². The standard InChI is InChI=1S/C61H103NO3/c1-3-5-7-9-11-13-15-17-19-20-21-22-23-24-25-26-27-28-29-30-31-32-33-34-35-36-37-38-39-40-41-42-43-45-47-49-51-53-55-57-61(65)62-59(58-63)60(64)56-54-52-50-48-46-44-18-16-14-12-10-8-6-4-2/h5,7,11,13,17,19,21-22,24-25,27-28,30-31,33-34,46,48,54,56,59-60,63-64H,3-4,6,8-10,12,14-16,18,20,23,26,29,32,35-45,47,49-53,55,57-58H2,1-2H3,(H,62,65)/b7-5-,13-11-,19-17-,22-21-,25-24-,28-27-,31-30-,34-33-,48-46+,56-54+. The van der Waals surface area contributed by atoms with Crippen molar-refractivity contribution in [3.8, 4) is 0 Å². The number of unbranched alkanes of at least 4 members (excludes halogenated alkanes) is 23. The molecule has 0 aromatic carbocycles. The first-order chi connectivity index (χ1) is 32.2. The molecule has 3 N–H and O–H groups in total. The largest absolute Gasteiger partial charge is 0.394 e. The second-order valence-electron chi connectivity index (χ2n) is 17.9. The molecule has 0 spiro atoms. The molecule has 65 heavy (non-hydrogen) atoms. The number of carbonyl (C=O) groups excluding carboxylic acids is 1. The smallest absolute Gasteiger partial charge is 0.220 e. The van der Waals surface area contributed by atoms with Crippen LogP contribution in [0.15, 0.2) is 122 Å². The predicted molar refractivity (Wildman–Crippen MR) is 289 cm³/mol. The molecule has 4 heteroatoms. The lowest BCUT2D eigenvalue weighted by Gasteiger charge is -2.19. The van der Waals surface area contributed by atoms with Crippen LogP contribution < -0.4 is 5.32 Å². The predicted octanol–water partition coefficient (Wildman–Crippen LogP) is 18.1. The molecule has 0 aromatic rings. The average molecular weight is 898 g/mol. The van der Waals surface area contributed by atoms with E-state index in [1.807, 2.05) is 6.08 Å². The summed E-state index contributed by atoms with van der Waals surface area (Å²) in [5, 5.41) is 23.0. The number of rotatable bonds is 48. The third-order valence-electron chi connectivity index (χ3n) is 11.7. The summed E-state index contributed by atoms with van der Waals surface area (Å²) in [6, 6.07) is -0.645. The van der Waals surface area contributed by atoms with E-state index in [-0.39, 0.29) is 12.5 Å². The highest BCUT2D eigenvalue weighted by atomic mass is 16.3.